The van der Waals surface area contributed by atoms with Crippen molar-refractivity contribution in [3.63, 3.8) is 0 Å². The number of carbonyl (C=O) groups excluding carboxylic acids is 1. The first-order valence-corrected chi connectivity index (χ1v) is 7.48. The Bertz CT molecular complexity index is 670. The molecule has 0 aliphatic rings. The number of urea groups is 1. The summed E-state index contributed by atoms with van der Waals surface area (Å²) in [7, 11) is -0.787. The predicted molar refractivity (Wildman–Crippen MR) is 65.9 cm³/mol. The van der Waals surface area contributed by atoms with E-state index in [-0.39, 0.29) is 14.9 Å². The zero-order chi connectivity index (χ0) is 14.8. The number of carbonyl (C=O) groups is 2. The van der Waals surface area contributed by atoms with Gasteiger partial charge in [0.1, 0.15) is 0 Å². The molecule has 0 spiro atoms. The van der Waals surface area contributed by atoms with Gasteiger partial charge in [-0.25, -0.2) is 18.0 Å². The van der Waals surface area contributed by atoms with Gasteiger partial charge < -0.3 is 10.0 Å². The van der Waals surface area contributed by atoms with Crippen LogP contribution in [0.1, 0.15) is 6.92 Å². The quantitative estimate of drug-likeness (QED) is 0.810. The maximum atomic E-state index is 11.6. The number of amides is 2. The Balaban J connectivity index is 3.49. The first-order chi connectivity index (χ1) is 8.69. The number of nitrogens with zero attached hydrogens (tertiary/aromatic N) is 4. The van der Waals surface area contributed by atoms with E-state index in [1.807, 2.05) is 0 Å². The maximum absolute atomic E-state index is 11.6. The molecular formula is C8H12N4O5S2. The van der Waals surface area contributed by atoms with Gasteiger partial charge in [-0.05, 0) is 0 Å². The van der Waals surface area contributed by atoms with Crippen molar-refractivity contribution in [1.82, 2.24) is 14.7 Å². The van der Waals surface area contributed by atoms with Crippen LogP contribution < -0.4 is 4.80 Å². The molecule has 1 N–H and O–H groups in total. The zero-order valence-electron chi connectivity index (χ0n) is 10.4. The van der Waals surface area contributed by atoms with Gasteiger partial charge in [0.05, 0.1) is 5.75 Å². The monoisotopic (exact) mass is 308 g/mol. The highest BCUT2D eigenvalue weighted by Gasteiger charge is 2.21. The molecule has 1 heterocycles. The van der Waals surface area contributed by atoms with E-state index in [0.29, 0.717) is 16.0 Å². The summed E-state index contributed by atoms with van der Waals surface area (Å²) >= 11 is 0.534. The third-order valence-electron chi connectivity index (χ3n) is 1.94. The Morgan fingerprint density at radius 1 is 1.47 bits per heavy atom. The SMILES string of the molecule is CCS(=O)(=O)c1nn(C(=O)O)c(=NC(=O)N(C)C)s1. The highest BCUT2D eigenvalue weighted by molar-refractivity contribution is 7.93. The van der Waals surface area contributed by atoms with Crippen molar-refractivity contribution >= 4 is 33.3 Å². The third-order valence-corrected chi connectivity index (χ3v) is 5.03. The smallest absolute Gasteiger partial charge is 0.434 e. The summed E-state index contributed by atoms with van der Waals surface area (Å²) in [5, 5.41) is 12.3. The summed E-state index contributed by atoms with van der Waals surface area (Å²) in [4.78, 5) is 26.7. The van der Waals surface area contributed by atoms with Crippen LogP contribution in [-0.2, 0) is 9.84 Å². The summed E-state index contributed by atoms with van der Waals surface area (Å²) in [5.74, 6) is -0.221. The molecule has 0 bridgehead atoms. The molecule has 0 aliphatic carbocycles. The Hall–Kier alpha value is -1.75. The minimum absolute atomic E-state index is 0.221. The van der Waals surface area contributed by atoms with E-state index in [4.69, 9.17) is 5.11 Å². The molecule has 1 rings (SSSR count). The second-order valence-electron chi connectivity index (χ2n) is 3.54. The molecule has 19 heavy (non-hydrogen) atoms. The predicted octanol–water partition coefficient (Wildman–Crippen LogP) is -0.153. The van der Waals surface area contributed by atoms with Gasteiger partial charge in [0.25, 0.3) is 0 Å². The molecule has 0 aromatic carbocycles. The van der Waals surface area contributed by atoms with E-state index < -0.39 is 22.0 Å². The van der Waals surface area contributed by atoms with Crippen LogP contribution in [0.4, 0.5) is 9.59 Å². The third kappa shape index (κ3) is 3.38. The van der Waals surface area contributed by atoms with E-state index in [0.717, 1.165) is 4.90 Å². The van der Waals surface area contributed by atoms with E-state index in [9.17, 15) is 18.0 Å². The fourth-order valence-corrected chi connectivity index (χ4v) is 3.04. The largest absolute Gasteiger partial charge is 0.463 e. The van der Waals surface area contributed by atoms with E-state index in [1.54, 1.807) is 0 Å². The number of sulfone groups is 1. The van der Waals surface area contributed by atoms with Crippen LogP contribution in [0, 0.1) is 0 Å². The standard InChI is InChI=1S/C8H12N4O5S2/c1-4-19(16,17)7-10-12(8(14)15)6(18-7)9-5(13)11(2)3/h4H2,1-3H3,(H,14,15). The molecule has 9 nitrogen and oxygen atoms in total. The summed E-state index contributed by atoms with van der Waals surface area (Å²) in [5.41, 5.74) is 0. The Kier molecular flexibility index (Phi) is 4.42. The van der Waals surface area contributed by atoms with Crippen molar-refractivity contribution in [2.75, 3.05) is 19.8 Å². The van der Waals surface area contributed by atoms with Gasteiger partial charge in [-0.2, -0.15) is 4.99 Å². The summed E-state index contributed by atoms with van der Waals surface area (Å²) in [6, 6.07) is -0.709. The molecule has 1 aromatic rings. The molecule has 0 atom stereocenters. The number of hydrogen-bond donors (Lipinski definition) is 1. The van der Waals surface area contributed by atoms with E-state index in [2.05, 4.69) is 10.1 Å². The number of rotatable bonds is 2. The number of hydrogen-bond acceptors (Lipinski definition) is 6. The second kappa shape index (κ2) is 5.48. The molecular weight excluding hydrogens is 296 g/mol. The van der Waals surface area contributed by atoms with Gasteiger partial charge in [-0.15, -0.1) is 9.78 Å². The topological polar surface area (TPSA) is 122 Å². The lowest BCUT2D eigenvalue weighted by molar-refractivity contribution is 0.191. The molecule has 0 saturated heterocycles. The summed E-state index contributed by atoms with van der Waals surface area (Å²) < 4.78 is 23.2. The molecule has 106 valence electrons. The van der Waals surface area contributed by atoms with Crippen LogP contribution in [0.5, 0.6) is 0 Å². The fourth-order valence-electron chi connectivity index (χ4n) is 0.892. The highest BCUT2D eigenvalue weighted by Crippen LogP contribution is 2.10. The van der Waals surface area contributed by atoms with Gasteiger partial charge in [0.2, 0.25) is 19.0 Å². The van der Waals surface area contributed by atoms with Crippen molar-refractivity contribution in [2.24, 2.45) is 4.99 Å². The summed E-state index contributed by atoms with van der Waals surface area (Å²) in [6.45, 7) is 1.41. The Morgan fingerprint density at radius 2 is 2.05 bits per heavy atom. The molecule has 1 aromatic heterocycles. The van der Waals surface area contributed by atoms with Gasteiger partial charge >= 0.3 is 12.1 Å². The maximum Gasteiger partial charge on any atom is 0.434 e. The normalized spacial score (nSPS) is 12.5. The van der Waals surface area contributed by atoms with E-state index in [1.165, 1.54) is 21.0 Å². The molecule has 0 radical (unpaired) electrons. The first-order valence-electron chi connectivity index (χ1n) is 5.01. The van der Waals surface area contributed by atoms with Crippen molar-refractivity contribution < 1.29 is 23.1 Å². The van der Waals surface area contributed by atoms with Crippen molar-refractivity contribution in [3.05, 3.63) is 4.80 Å². The van der Waals surface area contributed by atoms with Crippen LogP contribution in [0.3, 0.4) is 0 Å². The number of aromatic nitrogens is 2. The van der Waals surface area contributed by atoms with Gasteiger partial charge in [0.15, 0.2) is 0 Å². The van der Waals surface area contributed by atoms with Crippen LogP contribution in [0.2, 0.25) is 0 Å². The van der Waals surface area contributed by atoms with Gasteiger partial charge in [-0.3, -0.25) is 0 Å². The van der Waals surface area contributed by atoms with Crippen molar-refractivity contribution in [3.8, 4) is 0 Å². The summed E-state index contributed by atoms with van der Waals surface area (Å²) in [6.07, 6.45) is -1.51. The average Bonchev–Trinajstić information content (AvgIpc) is 2.73. The van der Waals surface area contributed by atoms with Crippen LogP contribution in [-0.4, -0.2) is 60.2 Å². The Labute approximate surface area is 112 Å². The van der Waals surface area contributed by atoms with Gasteiger partial charge in [-0.1, -0.05) is 18.3 Å². The van der Waals surface area contributed by atoms with Gasteiger partial charge in [0, 0.05) is 14.1 Å². The lowest BCUT2D eigenvalue weighted by Gasteiger charge is -2.03. The molecule has 0 aliphatic heterocycles. The lowest BCUT2D eigenvalue weighted by atomic mass is 10.8. The zero-order valence-corrected chi connectivity index (χ0v) is 12.0. The minimum atomic E-state index is -3.65. The number of carboxylic acid groups (broad SMARTS) is 1. The Morgan fingerprint density at radius 3 is 2.47 bits per heavy atom. The van der Waals surface area contributed by atoms with Crippen LogP contribution >= 0.6 is 11.3 Å². The molecule has 0 saturated carbocycles. The first kappa shape index (κ1) is 15.3. The fraction of sp³-hybridized carbons (Fsp3) is 0.500. The van der Waals surface area contributed by atoms with Crippen LogP contribution in [0.25, 0.3) is 0 Å². The highest BCUT2D eigenvalue weighted by atomic mass is 32.2. The average molecular weight is 308 g/mol. The lowest BCUT2D eigenvalue weighted by Crippen LogP contribution is -2.27. The molecule has 0 unspecified atom stereocenters. The van der Waals surface area contributed by atoms with Crippen LogP contribution in [0.15, 0.2) is 9.33 Å². The second-order valence-corrected chi connectivity index (χ2v) is 6.95. The molecule has 2 amide bonds. The van der Waals surface area contributed by atoms with Crippen molar-refractivity contribution in [2.45, 2.75) is 11.3 Å². The molecule has 0 fully saturated rings. The molecule has 11 heteroatoms. The van der Waals surface area contributed by atoms with E-state index >= 15 is 0 Å². The minimum Gasteiger partial charge on any atom is -0.463 e. The van der Waals surface area contributed by atoms with Crippen molar-refractivity contribution in [1.29, 1.82) is 0 Å².